The van der Waals surface area contributed by atoms with Gasteiger partial charge in [0.2, 0.25) is 5.96 Å². The summed E-state index contributed by atoms with van der Waals surface area (Å²) >= 11 is 0. The lowest BCUT2D eigenvalue weighted by atomic mass is 10.1. The third kappa shape index (κ3) is 7.68. The second-order valence-corrected chi connectivity index (χ2v) is 10.4. The number of aliphatic imine (C=N–C) groups is 1. The summed E-state index contributed by atoms with van der Waals surface area (Å²) in [5.41, 5.74) is 2.90. The number of urea groups is 1. The highest BCUT2D eigenvalue weighted by Crippen LogP contribution is 2.22. The number of ether oxygens (including phenoxy) is 2. The minimum Gasteiger partial charge on any atom is -0.443 e. The Bertz CT molecular complexity index is 1010. The number of nitrogen functional groups attached to an aromatic ring is 1. The Morgan fingerprint density at radius 2 is 1.47 bits per heavy atom. The Balaban J connectivity index is 2.63. The van der Waals surface area contributed by atoms with Crippen molar-refractivity contribution in [2.24, 2.45) is 4.99 Å². The first-order valence-electron chi connectivity index (χ1n) is 11.1. The van der Waals surface area contributed by atoms with E-state index in [1.807, 2.05) is 0 Å². The zero-order chi connectivity index (χ0) is 27.6. The Hall–Kier alpha value is -3.64. The number of anilines is 1. The number of carbonyl (C=O) groups is 3. The number of amides is 4. The standard InChI is InChI=1S/C23H34F2N6O5/c1-22(2,3)35-19(32)27-18(30-12-28(7)20(33)29(8)13-30)31(21(34)36-23(4,5)6)11-14-9-15(24)17(26)16(25)10-14/h9-10H,11-13,26H2,1-8H3. The number of nitrogens with zero attached hydrogens (tertiary/aromatic N) is 5. The van der Waals surface area contributed by atoms with Crippen LogP contribution in [-0.2, 0) is 16.0 Å². The summed E-state index contributed by atoms with van der Waals surface area (Å²) in [7, 11) is 3.05. The first-order chi connectivity index (χ1) is 16.4. The van der Waals surface area contributed by atoms with Crippen LogP contribution in [0.1, 0.15) is 47.1 Å². The van der Waals surface area contributed by atoms with Crippen LogP contribution in [0.4, 0.5) is 28.9 Å². The predicted molar refractivity (Wildman–Crippen MR) is 129 cm³/mol. The van der Waals surface area contributed by atoms with Crippen molar-refractivity contribution in [3.63, 3.8) is 0 Å². The highest BCUT2D eigenvalue weighted by Gasteiger charge is 2.35. The van der Waals surface area contributed by atoms with Crippen LogP contribution < -0.4 is 5.73 Å². The lowest BCUT2D eigenvalue weighted by molar-refractivity contribution is 0.0300. The summed E-state index contributed by atoms with van der Waals surface area (Å²) in [5, 5.41) is 0. The Morgan fingerprint density at radius 3 is 1.92 bits per heavy atom. The number of nitrogens with two attached hydrogens (primary N) is 1. The molecule has 2 N–H and O–H groups in total. The molecule has 0 aliphatic carbocycles. The summed E-state index contributed by atoms with van der Waals surface area (Å²) in [6.07, 6.45) is -1.95. The molecular weight excluding hydrogens is 478 g/mol. The van der Waals surface area contributed by atoms with E-state index in [0.717, 1.165) is 17.0 Å². The van der Waals surface area contributed by atoms with Crippen LogP contribution in [0.3, 0.4) is 0 Å². The molecule has 1 heterocycles. The maximum atomic E-state index is 14.2. The Kier molecular flexibility index (Phi) is 8.38. The molecule has 4 amide bonds. The van der Waals surface area contributed by atoms with Crippen molar-refractivity contribution in [2.45, 2.75) is 59.3 Å². The van der Waals surface area contributed by atoms with E-state index < -0.39 is 47.3 Å². The van der Waals surface area contributed by atoms with Crippen LogP contribution in [0, 0.1) is 11.6 Å². The molecule has 1 saturated heterocycles. The van der Waals surface area contributed by atoms with E-state index in [-0.39, 0.29) is 30.9 Å². The molecule has 1 fully saturated rings. The van der Waals surface area contributed by atoms with Crippen LogP contribution in [0.5, 0.6) is 0 Å². The lowest BCUT2D eigenvalue weighted by Crippen LogP contribution is -2.60. The zero-order valence-electron chi connectivity index (χ0n) is 21.9. The SMILES string of the molecule is CN1CN(C(=NC(=O)OC(C)(C)C)N(Cc2cc(F)c(N)c(F)c2)C(=O)OC(C)(C)C)CN(C)C1=O. The third-order valence-corrected chi connectivity index (χ3v) is 4.62. The maximum Gasteiger partial charge on any atom is 0.437 e. The minimum absolute atomic E-state index is 0.0248. The second-order valence-electron chi connectivity index (χ2n) is 10.4. The average molecular weight is 513 g/mol. The number of carbonyl (C=O) groups excluding carboxylic acids is 3. The average Bonchev–Trinajstić information content (AvgIpc) is 2.69. The lowest BCUT2D eigenvalue weighted by Gasteiger charge is -2.42. The normalized spacial score (nSPS) is 15.2. The van der Waals surface area contributed by atoms with E-state index in [0.29, 0.717) is 0 Å². The van der Waals surface area contributed by atoms with Crippen LogP contribution in [0.15, 0.2) is 17.1 Å². The molecule has 2 rings (SSSR count). The molecule has 1 aliphatic rings. The van der Waals surface area contributed by atoms with Crippen molar-refractivity contribution in [3.05, 3.63) is 29.3 Å². The summed E-state index contributed by atoms with van der Waals surface area (Å²) < 4.78 is 39.2. The van der Waals surface area contributed by atoms with Gasteiger partial charge in [-0.25, -0.2) is 28.1 Å². The van der Waals surface area contributed by atoms with Gasteiger partial charge in [-0.15, -0.1) is 4.99 Å². The molecule has 0 radical (unpaired) electrons. The van der Waals surface area contributed by atoms with Gasteiger partial charge in [-0.3, -0.25) is 0 Å². The summed E-state index contributed by atoms with van der Waals surface area (Å²) in [4.78, 5) is 47.4. The molecule has 0 spiro atoms. The van der Waals surface area contributed by atoms with E-state index >= 15 is 0 Å². The molecule has 0 aromatic heterocycles. The number of rotatable bonds is 2. The van der Waals surface area contributed by atoms with Crippen molar-refractivity contribution in [1.29, 1.82) is 0 Å². The van der Waals surface area contributed by atoms with E-state index in [4.69, 9.17) is 15.2 Å². The molecule has 0 bridgehead atoms. The number of benzene rings is 1. The van der Waals surface area contributed by atoms with Gasteiger partial charge in [-0.1, -0.05) is 0 Å². The third-order valence-electron chi connectivity index (χ3n) is 4.62. The van der Waals surface area contributed by atoms with Gasteiger partial charge in [-0.2, -0.15) is 0 Å². The van der Waals surface area contributed by atoms with Crippen LogP contribution in [-0.4, -0.2) is 82.4 Å². The van der Waals surface area contributed by atoms with Crippen LogP contribution in [0.25, 0.3) is 0 Å². The molecule has 13 heteroatoms. The van der Waals surface area contributed by atoms with Gasteiger partial charge >= 0.3 is 18.2 Å². The quantitative estimate of drug-likeness (QED) is 0.364. The number of guanidine groups is 1. The van der Waals surface area contributed by atoms with E-state index in [1.54, 1.807) is 41.5 Å². The topological polar surface area (TPSA) is 121 Å². The fraction of sp³-hybridized carbons (Fsp3) is 0.565. The van der Waals surface area contributed by atoms with Crippen molar-refractivity contribution in [1.82, 2.24) is 19.6 Å². The van der Waals surface area contributed by atoms with Gasteiger partial charge in [0.25, 0.3) is 0 Å². The highest BCUT2D eigenvalue weighted by atomic mass is 19.1. The number of hydrogen-bond donors (Lipinski definition) is 1. The Labute approximate surface area is 209 Å². The smallest absolute Gasteiger partial charge is 0.437 e. The molecule has 200 valence electrons. The largest absolute Gasteiger partial charge is 0.443 e. The fourth-order valence-corrected chi connectivity index (χ4v) is 3.21. The van der Waals surface area contributed by atoms with E-state index in [9.17, 15) is 23.2 Å². The first kappa shape index (κ1) is 28.6. The van der Waals surface area contributed by atoms with Gasteiger partial charge in [0.1, 0.15) is 28.5 Å². The molecule has 0 unspecified atom stereocenters. The molecule has 1 aromatic rings. The van der Waals surface area contributed by atoms with Crippen molar-refractivity contribution < 1.29 is 32.6 Å². The molecule has 1 aliphatic heterocycles. The van der Waals surface area contributed by atoms with Crippen LogP contribution >= 0.6 is 0 Å². The van der Waals surface area contributed by atoms with Gasteiger partial charge in [0.15, 0.2) is 0 Å². The van der Waals surface area contributed by atoms with E-state index in [2.05, 4.69) is 4.99 Å². The number of halogens is 2. The number of hydrogen-bond acceptors (Lipinski definition) is 6. The summed E-state index contributed by atoms with van der Waals surface area (Å²) in [5.74, 6) is -2.26. The van der Waals surface area contributed by atoms with Crippen molar-refractivity contribution >= 4 is 29.9 Å². The predicted octanol–water partition coefficient (Wildman–Crippen LogP) is 3.79. The Morgan fingerprint density at radius 1 is 1.00 bits per heavy atom. The molecule has 1 aromatic carbocycles. The highest BCUT2D eigenvalue weighted by molar-refractivity contribution is 5.99. The molecule has 36 heavy (non-hydrogen) atoms. The monoisotopic (exact) mass is 512 g/mol. The van der Waals surface area contributed by atoms with Gasteiger partial charge in [0.05, 0.1) is 19.9 Å². The maximum absolute atomic E-state index is 14.2. The summed E-state index contributed by atoms with van der Waals surface area (Å²) in [6, 6.07) is 1.65. The molecule has 0 atom stereocenters. The first-order valence-corrected chi connectivity index (χ1v) is 11.1. The molecule has 11 nitrogen and oxygen atoms in total. The second kappa shape index (κ2) is 10.5. The van der Waals surface area contributed by atoms with Gasteiger partial charge in [0, 0.05) is 14.1 Å². The molecule has 0 saturated carbocycles. The molecular formula is C23H34F2N6O5. The summed E-state index contributed by atoms with van der Waals surface area (Å²) in [6.45, 7) is 9.32. The van der Waals surface area contributed by atoms with E-state index in [1.165, 1.54) is 28.8 Å². The van der Waals surface area contributed by atoms with Crippen molar-refractivity contribution in [3.8, 4) is 0 Å². The zero-order valence-corrected chi connectivity index (χ0v) is 21.9. The fourth-order valence-electron chi connectivity index (χ4n) is 3.21. The minimum atomic E-state index is -1.01. The van der Waals surface area contributed by atoms with Crippen LogP contribution in [0.2, 0.25) is 0 Å². The van der Waals surface area contributed by atoms with Crippen molar-refractivity contribution in [2.75, 3.05) is 33.2 Å². The van der Waals surface area contributed by atoms with Gasteiger partial charge in [-0.05, 0) is 59.2 Å². The van der Waals surface area contributed by atoms with Gasteiger partial charge < -0.3 is 29.9 Å².